The molecule has 0 bridgehead atoms. The first kappa shape index (κ1) is 14.9. The lowest BCUT2D eigenvalue weighted by molar-refractivity contribution is -0.221. The van der Waals surface area contributed by atoms with Gasteiger partial charge in [-0.05, 0) is 33.6 Å². The van der Waals surface area contributed by atoms with Gasteiger partial charge in [-0.15, -0.1) is 0 Å². The monoisotopic (exact) mass is 218 g/mol. The van der Waals surface area contributed by atoms with Crippen LogP contribution in [0.3, 0.4) is 0 Å². The molecule has 0 saturated carbocycles. The van der Waals surface area contributed by atoms with E-state index in [2.05, 4.69) is 0 Å². The van der Waals surface area contributed by atoms with Gasteiger partial charge in [0.25, 0.3) is 0 Å². The molecule has 0 aliphatic heterocycles. The van der Waals surface area contributed by atoms with E-state index in [1.54, 1.807) is 14.0 Å². The Hall–Kier alpha value is -0.120. The lowest BCUT2D eigenvalue weighted by Crippen LogP contribution is -2.55. The SMILES string of the molecule is COCC(OC(C)(C)C)(C(C)C)C(C)O. The van der Waals surface area contributed by atoms with Crippen LogP contribution in [0.4, 0.5) is 0 Å². The Balaban J connectivity index is 4.96. The summed E-state index contributed by atoms with van der Waals surface area (Å²) in [5, 5.41) is 9.92. The molecular weight excluding hydrogens is 192 g/mol. The summed E-state index contributed by atoms with van der Waals surface area (Å²) in [6.07, 6.45) is -0.559. The molecule has 0 aliphatic carbocycles. The number of rotatable bonds is 5. The molecular formula is C12H26O3. The van der Waals surface area contributed by atoms with Crippen LogP contribution < -0.4 is 0 Å². The van der Waals surface area contributed by atoms with Gasteiger partial charge in [0, 0.05) is 7.11 Å². The highest BCUT2D eigenvalue weighted by atomic mass is 16.6. The molecule has 0 radical (unpaired) electrons. The lowest BCUT2D eigenvalue weighted by atomic mass is 9.85. The van der Waals surface area contributed by atoms with Crippen LogP contribution in [-0.2, 0) is 9.47 Å². The average molecular weight is 218 g/mol. The van der Waals surface area contributed by atoms with Gasteiger partial charge in [0.05, 0.1) is 18.3 Å². The van der Waals surface area contributed by atoms with Crippen molar-refractivity contribution in [2.75, 3.05) is 13.7 Å². The summed E-state index contributed by atoms with van der Waals surface area (Å²) in [7, 11) is 1.63. The molecule has 0 rings (SSSR count). The van der Waals surface area contributed by atoms with Crippen molar-refractivity contribution in [2.24, 2.45) is 5.92 Å². The van der Waals surface area contributed by atoms with Crippen LogP contribution >= 0.6 is 0 Å². The third kappa shape index (κ3) is 4.09. The van der Waals surface area contributed by atoms with Crippen molar-refractivity contribution in [2.45, 2.75) is 58.8 Å². The topological polar surface area (TPSA) is 38.7 Å². The third-order valence-corrected chi connectivity index (χ3v) is 2.55. The van der Waals surface area contributed by atoms with Gasteiger partial charge in [-0.2, -0.15) is 0 Å². The second-order valence-electron chi connectivity index (χ2n) is 5.43. The van der Waals surface area contributed by atoms with Gasteiger partial charge in [0.2, 0.25) is 0 Å². The summed E-state index contributed by atoms with van der Waals surface area (Å²) in [5.74, 6) is 0.191. The summed E-state index contributed by atoms with van der Waals surface area (Å²) in [5.41, 5.74) is -0.924. The molecule has 0 fully saturated rings. The fourth-order valence-corrected chi connectivity index (χ4v) is 1.80. The minimum atomic E-state index is -0.632. The van der Waals surface area contributed by atoms with Crippen molar-refractivity contribution in [1.82, 2.24) is 0 Å². The normalized spacial score (nSPS) is 19.0. The molecule has 0 aromatic carbocycles. The maximum absolute atomic E-state index is 9.92. The number of hydrogen-bond acceptors (Lipinski definition) is 3. The van der Waals surface area contributed by atoms with Gasteiger partial charge in [-0.3, -0.25) is 0 Å². The Bertz CT molecular complexity index is 172. The molecule has 0 heterocycles. The highest BCUT2D eigenvalue weighted by Gasteiger charge is 2.43. The largest absolute Gasteiger partial charge is 0.390 e. The quantitative estimate of drug-likeness (QED) is 0.769. The van der Waals surface area contributed by atoms with Crippen LogP contribution in [0.1, 0.15) is 41.5 Å². The number of aliphatic hydroxyl groups is 1. The van der Waals surface area contributed by atoms with E-state index in [-0.39, 0.29) is 11.5 Å². The van der Waals surface area contributed by atoms with Gasteiger partial charge >= 0.3 is 0 Å². The summed E-state index contributed by atoms with van der Waals surface area (Å²) in [6, 6.07) is 0. The van der Waals surface area contributed by atoms with E-state index in [9.17, 15) is 5.11 Å². The highest BCUT2D eigenvalue weighted by molar-refractivity contribution is 4.91. The molecule has 1 N–H and O–H groups in total. The van der Waals surface area contributed by atoms with Crippen LogP contribution in [0.2, 0.25) is 0 Å². The van der Waals surface area contributed by atoms with E-state index in [1.807, 2.05) is 34.6 Å². The van der Waals surface area contributed by atoms with Crippen molar-refractivity contribution in [1.29, 1.82) is 0 Å². The van der Waals surface area contributed by atoms with Crippen molar-refractivity contribution < 1.29 is 14.6 Å². The zero-order valence-corrected chi connectivity index (χ0v) is 11.1. The maximum Gasteiger partial charge on any atom is 0.120 e. The van der Waals surface area contributed by atoms with E-state index in [0.29, 0.717) is 6.61 Å². The molecule has 92 valence electrons. The van der Waals surface area contributed by atoms with E-state index in [1.165, 1.54) is 0 Å². The van der Waals surface area contributed by atoms with Gasteiger partial charge < -0.3 is 14.6 Å². The Morgan fingerprint density at radius 2 is 1.60 bits per heavy atom. The van der Waals surface area contributed by atoms with Crippen molar-refractivity contribution in [3.8, 4) is 0 Å². The minimum Gasteiger partial charge on any atom is -0.390 e. The Morgan fingerprint density at radius 1 is 1.13 bits per heavy atom. The van der Waals surface area contributed by atoms with Crippen LogP contribution in [-0.4, -0.2) is 36.1 Å². The first-order chi connectivity index (χ1) is 6.65. The van der Waals surface area contributed by atoms with Crippen LogP contribution in [0.5, 0.6) is 0 Å². The fraction of sp³-hybridized carbons (Fsp3) is 1.00. The first-order valence-corrected chi connectivity index (χ1v) is 5.53. The van der Waals surface area contributed by atoms with Crippen molar-refractivity contribution in [3.63, 3.8) is 0 Å². The summed E-state index contributed by atoms with van der Waals surface area (Å²) in [6.45, 7) is 12.2. The highest BCUT2D eigenvalue weighted by Crippen LogP contribution is 2.31. The molecule has 3 nitrogen and oxygen atoms in total. The molecule has 0 aromatic heterocycles. The second-order valence-corrected chi connectivity index (χ2v) is 5.43. The first-order valence-electron chi connectivity index (χ1n) is 5.53. The van der Waals surface area contributed by atoms with E-state index in [0.717, 1.165) is 0 Å². The minimum absolute atomic E-state index is 0.191. The van der Waals surface area contributed by atoms with Gasteiger partial charge in [-0.1, -0.05) is 13.8 Å². The fourth-order valence-electron chi connectivity index (χ4n) is 1.80. The molecule has 3 heteroatoms. The third-order valence-electron chi connectivity index (χ3n) is 2.55. The zero-order chi connectivity index (χ0) is 12.3. The number of aliphatic hydroxyl groups excluding tert-OH is 1. The number of ether oxygens (including phenoxy) is 2. The second kappa shape index (κ2) is 5.28. The molecule has 0 aliphatic rings. The summed E-state index contributed by atoms with van der Waals surface area (Å²) < 4.78 is 11.2. The van der Waals surface area contributed by atoms with Crippen LogP contribution in [0.15, 0.2) is 0 Å². The molecule has 0 aromatic rings. The van der Waals surface area contributed by atoms with Crippen LogP contribution in [0.25, 0.3) is 0 Å². The lowest BCUT2D eigenvalue weighted by Gasteiger charge is -2.44. The van der Waals surface area contributed by atoms with E-state index in [4.69, 9.17) is 9.47 Å². The molecule has 0 spiro atoms. The van der Waals surface area contributed by atoms with Gasteiger partial charge in [-0.25, -0.2) is 0 Å². The summed E-state index contributed by atoms with van der Waals surface area (Å²) >= 11 is 0. The Morgan fingerprint density at radius 3 is 1.80 bits per heavy atom. The van der Waals surface area contributed by atoms with Crippen molar-refractivity contribution in [3.05, 3.63) is 0 Å². The molecule has 2 atom stereocenters. The Kier molecular flexibility index (Phi) is 5.24. The standard InChI is InChI=1S/C12H26O3/c1-9(2)12(8-14-7,10(3)13)15-11(4,5)6/h9-10,13H,8H2,1-7H3. The molecule has 0 saturated heterocycles. The maximum atomic E-state index is 9.92. The predicted octanol–water partition coefficient (Wildman–Crippen LogP) is 2.22. The summed E-state index contributed by atoms with van der Waals surface area (Å²) in [4.78, 5) is 0. The Labute approximate surface area is 93.8 Å². The van der Waals surface area contributed by atoms with E-state index < -0.39 is 11.7 Å². The van der Waals surface area contributed by atoms with Crippen molar-refractivity contribution >= 4 is 0 Å². The average Bonchev–Trinajstić information content (AvgIpc) is 1.99. The molecule has 0 amide bonds. The van der Waals surface area contributed by atoms with E-state index >= 15 is 0 Å². The zero-order valence-electron chi connectivity index (χ0n) is 11.1. The van der Waals surface area contributed by atoms with Gasteiger partial charge in [0.15, 0.2) is 0 Å². The smallest absolute Gasteiger partial charge is 0.120 e. The predicted molar refractivity (Wildman–Crippen MR) is 62.0 cm³/mol. The molecule has 2 unspecified atom stereocenters. The number of hydrogen-bond donors (Lipinski definition) is 1. The van der Waals surface area contributed by atoms with Crippen LogP contribution in [0, 0.1) is 5.92 Å². The number of methoxy groups -OCH3 is 1. The van der Waals surface area contributed by atoms with Gasteiger partial charge in [0.1, 0.15) is 5.60 Å². The molecule has 15 heavy (non-hydrogen) atoms.